The number of anilines is 2. The third kappa shape index (κ3) is 6.95. The summed E-state index contributed by atoms with van der Waals surface area (Å²) < 4.78 is 6.25. The number of aryl methyl sites for hydroxylation is 1. The van der Waals surface area contributed by atoms with Crippen LogP contribution in [0.5, 0.6) is 0 Å². The summed E-state index contributed by atoms with van der Waals surface area (Å²) in [7, 11) is 1.24. The number of amides is 3. The Hall–Kier alpha value is -3.69. The second-order valence-electron chi connectivity index (χ2n) is 7.01. The van der Waals surface area contributed by atoms with Crippen molar-refractivity contribution < 1.29 is 23.9 Å². The van der Waals surface area contributed by atoms with Crippen molar-refractivity contribution in [3.8, 4) is 0 Å². The van der Waals surface area contributed by atoms with Gasteiger partial charge in [-0.15, -0.1) is 0 Å². The Morgan fingerprint density at radius 3 is 2.35 bits per heavy atom. The van der Waals surface area contributed by atoms with Crippen molar-refractivity contribution in [2.45, 2.75) is 39.7 Å². The third-order valence-corrected chi connectivity index (χ3v) is 4.61. The van der Waals surface area contributed by atoms with Crippen LogP contribution in [0.2, 0.25) is 0 Å². The van der Waals surface area contributed by atoms with Crippen LogP contribution in [0.15, 0.2) is 30.3 Å². The zero-order valence-electron chi connectivity index (χ0n) is 18.0. The predicted molar refractivity (Wildman–Crippen MR) is 114 cm³/mol. The highest BCUT2D eigenvalue weighted by molar-refractivity contribution is 6.43. The molecular weight excluding hydrogens is 402 g/mol. The molecule has 2 rings (SSSR count). The molecule has 0 aliphatic heterocycles. The fraction of sp³-hybridized carbons (Fsp3) is 0.381. The smallest absolute Gasteiger partial charge is 0.325 e. The Balaban J connectivity index is 1.88. The molecule has 1 unspecified atom stereocenters. The molecule has 0 spiro atoms. The van der Waals surface area contributed by atoms with E-state index in [-0.39, 0.29) is 24.9 Å². The lowest BCUT2D eigenvalue weighted by Crippen LogP contribution is -2.31. The normalized spacial score (nSPS) is 11.4. The Labute approximate surface area is 180 Å². The Morgan fingerprint density at radius 1 is 1.10 bits per heavy atom. The number of methoxy groups -OCH3 is 1. The van der Waals surface area contributed by atoms with E-state index in [0.717, 1.165) is 12.1 Å². The lowest BCUT2D eigenvalue weighted by Gasteiger charge is -2.10. The van der Waals surface area contributed by atoms with Crippen molar-refractivity contribution in [2.24, 2.45) is 0 Å². The average Bonchev–Trinajstić information content (AvgIpc) is 3.12. The van der Waals surface area contributed by atoms with Crippen molar-refractivity contribution in [3.05, 3.63) is 41.6 Å². The van der Waals surface area contributed by atoms with E-state index in [9.17, 15) is 19.2 Å². The maximum Gasteiger partial charge on any atom is 0.325 e. The molecule has 1 atom stereocenters. The van der Waals surface area contributed by atoms with Crippen molar-refractivity contribution in [3.63, 3.8) is 0 Å². The first-order valence-corrected chi connectivity index (χ1v) is 9.84. The van der Waals surface area contributed by atoms with Crippen molar-refractivity contribution in [1.29, 1.82) is 0 Å². The van der Waals surface area contributed by atoms with E-state index in [4.69, 9.17) is 0 Å². The van der Waals surface area contributed by atoms with Gasteiger partial charge in [0.1, 0.15) is 6.54 Å². The Kier molecular flexibility index (Phi) is 8.30. The van der Waals surface area contributed by atoms with Crippen molar-refractivity contribution in [2.75, 3.05) is 24.3 Å². The summed E-state index contributed by atoms with van der Waals surface area (Å²) in [6, 6.07) is 8.33. The van der Waals surface area contributed by atoms with Crippen LogP contribution in [0.25, 0.3) is 0 Å². The van der Waals surface area contributed by atoms with E-state index in [1.54, 1.807) is 35.0 Å². The Bertz CT molecular complexity index is 952. The van der Waals surface area contributed by atoms with Crippen LogP contribution < -0.4 is 16.0 Å². The number of ether oxygens (including phenoxy) is 1. The molecule has 166 valence electrons. The van der Waals surface area contributed by atoms with E-state index >= 15 is 0 Å². The zero-order valence-corrected chi connectivity index (χ0v) is 18.0. The van der Waals surface area contributed by atoms with Gasteiger partial charge in [-0.3, -0.25) is 23.9 Å². The first-order valence-electron chi connectivity index (χ1n) is 9.84. The van der Waals surface area contributed by atoms with Crippen LogP contribution in [-0.2, 0) is 30.3 Å². The number of rotatable bonds is 8. The molecule has 3 N–H and O–H groups in total. The van der Waals surface area contributed by atoms with Crippen LogP contribution in [0.3, 0.4) is 0 Å². The van der Waals surface area contributed by atoms with Gasteiger partial charge in [0.2, 0.25) is 5.91 Å². The van der Waals surface area contributed by atoms with Crippen molar-refractivity contribution >= 4 is 35.2 Å². The molecule has 0 saturated heterocycles. The van der Waals surface area contributed by atoms with Gasteiger partial charge < -0.3 is 20.7 Å². The second-order valence-corrected chi connectivity index (χ2v) is 7.01. The molecule has 1 aromatic heterocycles. The molecule has 0 saturated carbocycles. The van der Waals surface area contributed by atoms with E-state index < -0.39 is 17.8 Å². The summed E-state index contributed by atoms with van der Waals surface area (Å²) in [4.78, 5) is 47.2. The molecule has 0 aliphatic carbocycles. The van der Waals surface area contributed by atoms with E-state index in [1.807, 2.05) is 20.8 Å². The largest absolute Gasteiger partial charge is 0.468 e. The monoisotopic (exact) mass is 429 g/mol. The zero-order chi connectivity index (χ0) is 23.0. The van der Waals surface area contributed by atoms with Crippen LogP contribution in [-0.4, -0.2) is 47.1 Å². The summed E-state index contributed by atoms with van der Waals surface area (Å²) in [6.07, 6.45) is 0.948. The second kappa shape index (κ2) is 10.9. The molecule has 0 bridgehead atoms. The van der Waals surface area contributed by atoms with Gasteiger partial charge in [0, 0.05) is 23.5 Å². The summed E-state index contributed by atoms with van der Waals surface area (Å²) in [5, 5.41) is 11.7. The average molecular weight is 429 g/mol. The molecule has 2 aromatic rings. The summed E-state index contributed by atoms with van der Waals surface area (Å²) in [5.41, 5.74) is 1.97. The number of nitrogens with one attached hydrogen (secondary N) is 3. The minimum absolute atomic E-state index is 0.0594. The first kappa shape index (κ1) is 23.6. The van der Waals surface area contributed by atoms with Gasteiger partial charge in [-0.2, -0.15) is 5.10 Å². The molecule has 3 amide bonds. The third-order valence-electron chi connectivity index (χ3n) is 4.61. The number of nitrogens with zero attached hydrogens (tertiary/aromatic N) is 2. The molecule has 31 heavy (non-hydrogen) atoms. The first-order chi connectivity index (χ1) is 14.7. The van der Waals surface area contributed by atoms with Crippen LogP contribution in [0.1, 0.15) is 37.6 Å². The lowest BCUT2D eigenvalue weighted by molar-refractivity contribution is -0.141. The summed E-state index contributed by atoms with van der Waals surface area (Å²) >= 11 is 0. The fourth-order valence-electron chi connectivity index (χ4n) is 2.73. The topological polar surface area (TPSA) is 131 Å². The highest BCUT2D eigenvalue weighted by Crippen LogP contribution is 2.16. The number of hydrogen-bond donors (Lipinski definition) is 3. The standard InChI is InChI=1S/C21H27N5O5/c1-5-13(2)26-14(3)10-17(25-26)24-21(30)20(29)23-16-8-6-15(7-9-16)11-18(27)22-12-19(28)31-4/h6-10,13H,5,11-12H2,1-4H3,(H,22,27)(H,23,29)(H,24,25,30). The number of hydrogen-bond acceptors (Lipinski definition) is 6. The van der Waals surface area contributed by atoms with Gasteiger partial charge in [0.05, 0.1) is 13.5 Å². The minimum atomic E-state index is -0.834. The van der Waals surface area contributed by atoms with E-state index in [0.29, 0.717) is 17.1 Å². The molecular formula is C21H27N5O5. The number of aromatic nitrogens is 2. The van der Waals surface area contributed by atoms with Gasteiger partial charge in [0.25, 0.3) is 0 Å². The summed E-state index contributed by atoms with van der Waals surface area (Å²) in [5.74, 6) is -2.23. The number of carbonyl (C=O) groups is 4. The molecule has 0 fully saturated rings. The van der Waals surface area contributed by atoms with Gasteiger partial charge in [-0.25, -0.2) is 0 Å². The van der Waals surface area contributed by atoms with E-state index in [1.165, 1.54) is 7.11 Å². The van der Waals surface area contributed by atoms with Gasteiger partial charge in [-0.1, -0.05) is 19.1 Å². The fourth-order valence-corrected chi connectivity index (χ4v) is 2.73. The van der Waals surface area contributed by atoms with Crippen molar-refractivity contribution in [1.82, 2.24) is 15.1 Å². The minimum Gasteiger partial charge on any atom is -0.468 e. The molecule has 1 heterocycles. The quantitative estimate of drug-likeness (QED) is 0.431. The summed E-state index contributed by atoms with van der Waals surface area (Å²) in [6.45, 7) is 5.74. The van der Waals surface area contributed by atoms with Gasteiger partial charge >= 0.3 is 17.8 Å². The van der Waals surface area contributed by atoms with E-state index in [2.05, 4.69) is 25.8 Å². The maximum absolute atomic E-state index is 12.2. The molecule has 0 radical (unpaired) electrons. The lowest BCUT2D eigenvalue weighted by atomic mass is 10.1. The molecule has 0 aliphatic rings. The maximum atomic E-state index is 12.2. The van der Waals surface area contributed by atoms with Crippen LogP contribution in [0.4, 0.5) is 11.5 Å². The molecule has 1 aromatic carbocycles. The SMILES string of the molecule is CCC(C)n1nc(NC(=O)C(=O)Nc2ccc(CC(=O)NCC(=O)OC)cc2)cc1C. The van der Waals surface area contributed by atoms with Crippen LogP contribution in [0, 0.1) is 6.92 Å². The molecule has 10 nitrogen and oxygen atoms in total. The van der Waals surface area contributed by atoms with Gasteiger partial charge in [0.15, 0.2) is 5.82 Å². The Morgan fingerprint density at radius 2 is 1.74 bits per heavy atom. The molecule has 10 heteroatoms. The van der Waals surface area contributed by atoms with Gasteiger partial charge in [-0.05, 0) is 38.0 Å². The number of benzene rings is 1. The predicted octanol–water partition coefficient (Wildman–Crippen LogP) is 1.57. The number of carbonyl (C=O) groups excluding carboxylic acids is 4. The highest BCUT2D eigenvalue weighted by Gasteiger charge is 2.17. The number of esters is 1. The van der Waals surface area contributed by atoms with Crippen LogP contribution >= 0.6 is 0 Å². The highest BCUT2D eigenvalue weighted by atomic mass is 16.5.